The highest BCUT2D eigenvalue weighted by molar-refractivity contribution is 7.12. The minimum atomic E-state index is -0.403. The van der Waals surface area contributed by atoms with Gasteiger partial charge in [0.05, 0.1) is 11.4 Å². The topological polar surface area (TPSA) is 69.0 Å². The van der Waals surface area contributed by atoms with Crippen molar-refractivity contribution >= 4 is 34.8 Å². The molecule has 1 amide bonds. The van der Waals surface area contributed by atoms with Crippen LogP contribution in [-0.2, 0) is 13.2 Å². The fourth-order valence-electron chi connectivity index (χ4n) is 2.79. The predicted octanol–water partition coefficient (Wildman–Crippen LogP) is 5.32. The Kier molecular flexibility index (Phi) is 6.29. The maximum atomic E-state index is 13.2. The first-order chi connectivity index (χ1) is 15.0. The molecule has 4 rings (SSSR count). The predicted molar refractivity (Wildman–Crippen MR) is 118 cm³/mol. The molecule has 0 spiro atoms. The van der Waals surface area contributed by atoms with Gasteiger partial charge in [0.1, 0.15) is 24.5 Å². The summed E-state index contributed by atoms with van der Waals surface area (Å²) in [5.74, 6) is 0.247. The molecule has 0 saturated carbocycles. The fraction of sp³-hybridized carbons (Fsp3) is 0.136. The van der Waals surface area contributed by atoms with Gasteiger partial charge in [0.15, 0.2) is 0 Å². The highest BCUT2D eigenvalue weighted by Gasteiger charge is 2.13. The molecule has 2 heterocycles. The second kappa shape index (κ2) is 9.28. The summed E-state index contributed by atoms with van der Waals surface area (Å²) in [5, 5.41) is 9.09. The SMILES string of the molecule is Cc1ccc(OCc2csc(C(=O)Nc3ncn(Cc4ccc(F)cc4Cl)n3)c2)cc1. The van der Waals surface area contributed by atoms with Crippen molar-refractivity contribution in [3.8, 4) is 5.75 Å². The lowest BCUT2D eigenvalue weighted by Gasteiger charge is -2.04. The van der Waals surface area contributed by atoms with Crippen LogP contribution in [0.5, 0.6) is 5.75 Å². The van der Waals surface area contributed by atoms with Gasteiger partial charge >= 0.3 is 0 Å². The first-order valence-corrected chi connectivity index (χ1v) is 10.6. The van der Waals surface area contributed by atoms with E-state index >= 15 is 0 Å². The molecule has 0 atom stereocenters. The number of ether oxygens (including phenoxy) is 1. The average Bonchev–Trinajstić information content (AvgIpc) is 3.39. The van der Waals surface area contributed by atoms with Crippen LogP contribution in [0.3, 0.4) is 0 Å². The molecule has 0 radical (unpaired) electrons. The zero-order valence-electron chi connectivity index (χ0n) is 16.5. The second-order valence-electron chi connectivity index (χ2n) is 6.88. The third kappa shape index (κ3) is 5.48. The van der Waals surface area contributed by atoms with Crippen molar-refractivity contribution in [2.24, 2.45) is 0 Å². The standard InChI is InChI=1S/C22H18ClFN4O2S/c1-14-2-6-18(7-3-14)30-11-15-8-20(31-12-15)21(29)26-22-25-13-28(27-22)10-16-4-5-17(24)9-19(16)23/h2-9,12-13H,10-11H2,1H3,(H,26,27,29). The number of benzene rings is 2. The van der Waals surface area contributed by atoms with Crippen molar-refractivity contribution < 1.29 is 13.9 Å². The van der Waals surface area contributed by atoms with Crippen molar-refractivity contribution in [1.29, 1.82) is 0 Å². The molecule has 9 heteroatoms. The third-order valence-electron chi connectivity index (χ3n) is 4.41. The van der Waals surface area contributed by atoms with E-state index in [1.54, 1.807) is 12.1 Å². The van der Waals surface area contributed by atoms with Crippen LogP contribution in [0.1, 0.15) is 26.4 Å². The quantitative estimate of drug-likeness (QED) is 0.408. The van der Waals surface area contributed by atoms with Crippen molar-refractivity contribution in [3.63, 3.8) is 0 Å². The maximum Gasteiger partial charge on any atom is 0.268 e. The zero-order valence-corrected chi connectivity index (χ0v) is 18.1. The zero-order chi connectivity index (χ0) is 21.8. The largest absolute Gasteiger partial charge is 0.489 e. The van der Waals surface area contributed by atoms with Gasteiger partial charge in [0.2, 0.25) is 5.95 Å². The van der Waals surface area contributed by atoms with E-state index in [4.69, 9.17) is 16.3 Å². The van der Waals surface area contributed by atoms with Gasteiger partial charge in [-0.2, -0.15) is 0 Å². The summed E-state index contributed by atoms with van der Waals surface area (Å²) in [4.78, 5) is 17.1. The van der Waals surface area contributed by atoms with E-state index < -0.39 is 5.82 Å². The monoisotopic (exact) mass is 456 g/mol. The van der Waals surface area contributed by atoms with Gasteiger partial charge in [-0.1, -0.05) is 35.4 Å². The van der Waals surface area contributed by atoms with Crippen molar-refractivity contribution in [3.05, 3.63) is 92.6 Å². The van der Waals surface area contributed by atoms with E-state index in [-0.39, 0.29) is 11.9 Å². The molecular formula is C22H18ClFN4O2S. The number of carbonyl (C=O) groups excluding carboxylic acids is 1. The van der Waals surface area contributed by atoms with Gasteiger partial charge in [-0.15, -0.1) is 16.4 Å². The number of hydrogen-bond acceptors (Lipinski definition) is 5. The highest BCUT2D eigenvalue weighted by atomic mass is 35.5. The Morgan fingerprint density at radius 1 is 1.23 bits per heavy atom. The summed E-state index contributed by atoms with van der Waals surface area (Å²) >= 11 is 7.36. The summed E-state index contributed by atoms with van der Waals surface area (Å²) in [6.45, 7) is 2.70. The number of rotatable bonds is 7. The highest BCUT2D eigenvalue weighted by Crippen LogP contribution is 2.20. The number of nitrogens with zero attached hydrogens (tertiary/aromatic N) is 3. The summed E-state index contributed by atoms with van der Waals surface area (Å²) < 4.78 is 20.4. The molecular weight excluding hydrogens is 439 g/mol. The van der Waals surface area contributed by atoms with Crippen LogP contribution in [-0.4, -0.2) is 20.7 Å². The lowest BCUT2D eigenvalue weighted by Crippen LogP contribution is -2.12. The Balaban J connectivity index is 1.34. The normalized spacial score (nSPS) is 10.8. The van der Waals surface area contributed by atoms with Crippen LogP contribution in [0.15, 0.2) is 60.2 Å². The van der Waals surface area contributed by atoms with Crippen molar-refractivity contribution in [2.75, 3.05) is 5.32 Å². The van der Waals surface area contributed by atoms with E-state index in [1.165, 1.54) is 40.0 Å². The van der Waals surface area contributed by atoms with Crippen molar-refractivity contribution in [1.82, 2.24) is 14.8 Å². The first-order valence-electron chi connectivity index (χ1n) is 9.38. The fourth-order valence-corrected chi connectivity index (χ4v) is 3.81. The van der Waals surface area contributed by atoms with Gasteiger partial charge in [0.25, 0.3) is 5.91 Å². The number of thiophene rings is 1. The molecule has 6 nitrogen and oxygen atoms in total. The van der Waals surface area contributed by atoms with Gasteiger partial charge in [-0.25, -0.2) is 14.1 Å². The summed E-state index contributed by atoms with van der Waals surface area (Å²) in [6, 6.07) is 13.7. The van der Waals surface area contributed by atoms with Crippen LogP contribution < -0.4 is 10.1 Å². The first kappa shape index (κ1) is 21.0. The molecule has 1 N–H and O–H groups in total. The molecule has 4 aromatic rings. The van der Waals surface area contributed by atoms with Crippen molar-refractivity contribution in [2.45, 2.75) is 20.1 Å². The summed E-state index contributed by atoms with van der Waals surface area (Å²) in [5.41, 5.74) is 2.76. The Bertz CT molecular complexity index is 1210. The number of nitrogens with one attached hydrogen (secondary N) is 1. The maximum absolute atomic E-state index is 13.2. The number of anilines is 1. The lowest BCUT2D eigenvalue weighted by atomic mass is 10.2. The summed E-state index contributed by atoms with van der Waals surface area (Å²) in [6.07, 6.45) is 1.48. The molecule has 31 heavy (non-hydrogen) atoms. The Hall–Kier alpha value is -3.23. The lowest BCUT2D eigenvalue weighted by molar-refractivity contribution is 0.102. The smallest absolute Gasteiger partial charge is 0.268 e. The minimum Gasteiger partial charge on any atom is -0.489 e. The van der Waals surface area contributed by atoms with Gasteiger partial charge in [-0.05, 0) is 48.2 Å². The number of aryl methyl sites for hydroxylation is 1. The second-order valence-corrected chi connectivity index (χ2v) is 8.19. The Morgan fingerprint density at radius 2 is 2.03 bits per heavy atom. The van der Waals surface area contributed by atoms with E-state index in [2.05, 4.69) is 15.4 Å². The average molecular weight is 457 g/mol. The van der Waals surface area contributed by atoms with E-state index in [0.29, 0.717) is 28.6 Å². The number of carbonyl (C=O) groups is 1. The van der Waals surface area contributed by atoms with Gasteiger partial charge in [-0.3, -0.25) is 10.1 Å². The van der Waals surface area contributed by atoms with Gasteiger partial charge < -0.3 is 4.74 Å². The molecule has 0 bridgehead atoms. The number of amides is 1. The molecule has 0 aliphatic heterocycles. The molecule has 2 aromatic heterocycles. The third-order valence-corrected chi connectivity index (χ3v) is 5.74. The Labute approximate surface area is 187 Å². The van der Waals surface area contributed by atoms with Crippen LogP contribution >= 0.6 is 22.9 Å². The summed E-state index contributed by atoms with van der Waals surface area (Å²) in [7, 11) is 0. The molecule has 158 valence electrons. The van der Waals surface area contributed by atoms with Crippen LogP contribution in [0.25, 0.3) is 0 Å². The van der Waals surface area contributed by atoms with E-state index in [0.717, 1.165) is 11.3 Å². The molecule has 0 aliphatic rings. The number of halogens is 2. The number of hydrogen-bond donors (Lipinski definition) is 1. The molecule has 0 aliphatic carbocycles. The Morgan fingerprint density at radius 3 is 2.81 bits per heavy atom. The molecule has 2 aromatic carbocycles. The van der Waals surface area contributed by atoms with Gasteiger partial charge in [0, 0.05) is 10.6 Å². The molecule has 0 saturated heterocycles. The van der Waals surface area contributed by atoms with Crippen LogP contribution in [0.4, 0.5) is 10.3 Å². The van der Waals surface area contributed by atoms with E-state index in [1.807, 2.05) is 36.6 Å². The minimum absolute atomic E-state index is 0.175. The number of aromatic nitrogens is 3. The molecule has 0 unspecified atom stereocenters. The van der Waals surface area contributed by atoms with Crippen LogP contribution in [0, 0.1) is 12.7 Å². The van der Waals surface area contributed by atoms with E-state index in [9.17, 15) is 9.18 Å². The molecule has 0 fully saturated rings. The van der Waals surface area contributed by atoms with Crippen LogP contribution in [0.2, 0.25) is 5.02 Å².